The Balaban J connectivity index is 1.67. The number of carbonyl (C=O) groups is 3. The molecule has 1 aliphatic carbocycles. The van der Waals surface area contributed by atoms with Gasteiger partial charge in [-0.15, -0.1) is 0 Å². The Labute approximate surface area is 159 Å². The molecule has 0 saturated carbocycles. The van der Waals surface area contributed by atoms with Crippen molar-refractivity contribution in [1.29, 1.82) is 0 Å². The van der Waals surface area contributed by atoms with Gasteiger partial charge in [0, 0.05) is 18.5 Å². The van der Waals surface area contributed by atoms with Crippen LogP contribution in [0.2, 0.25) is 0 Å². The fourth-order valence-electron chi connectivity index (χ4n) is 4.77. The molecule has 0 N–H and O–H groups in total. The van der Waals surface area contributed by atoms with E-state index < -0.39 is 34.6 Å². The van der Waals surface area contributed by atoms with Crippen molar-refractivity contribution in [2.75, 3.05) is 11.9 Å². The van der Waals surface area contributed by atoms with E-state index in [1.165, 1.54) is 17.0 Å². The summed E-state index contributed by atoms with van der Waals surface area (Å²) in [6.07, 6.45) is 3.53. The number of nitrogens with zero attached hydrogens (tertiary/aromatic N) is 3. The third kappa shape index (κ3) is 1.91. The van der Waals surface area contributed by atoms with Crippen molar-refractivity contribution in [2.45, 2.75) is 6.04 Å². The van der Waals surface area contributed by atoms with Gasteiger partial charge in [-0.05, 0) is 12.1 Å². The van der Waals surface area contributed by atoms with E-state index in [2.05, 4.69) is 0 Å². The Kier molecular flexibility index (Phi) is 3.25. The lowest BCUT2D eigenvalue weighted by Crippen LogP contribution is -2.57. The standard InChI is InChI=1S/C20H15N3O5/c1-21-15-7-6-12(18(21)24)16-17(15)20(26)22(19(16)25)13-8-9-14(23(27)28)11-5-3-2-4-10(11)13/h2-9,12,15-17H,1H3/t12-,15+,16-,17+/m0/s1. The fourth-order valence-corrected chi connectivity index (χ4v) is 4.77. The Morgan fingerprint density at radius 3 is 2.29 bits per heavy atom. The second kappa shape index (κ2) is 5.48. The summed E-state index contributed by atoms with van der Waals surface area (Å²) in [7, 11) is 1.64. The third-order valence-electron chi connectivity index (χ3n) is 6.06. The smallest absolute Gasteiger partial charge is 0.277 e. The summed E-state index contributed by atoms with van der Waals surface area (Å²) in [4.78, 5) is 52.5. The zero-order chi connectivity index (χ0) is 19.7. The quantitative estimate of drug-likeness (QED) is 0.344. The van der Waals surface area contributed by atoms with Crippen LogP contribution in [0, 0.1) is 27.9 Å². The van der Waals surface area contributed by atoms with Gasteiger partial charge in [0.1, 0.15) is 0 Å². The molecule has 6 rings (SSSR count). The summed E-state index contributed by atoms with van der Waals surface area (Å²) >= 11 is 0. The monoisotopic (exact) mass is 377 g/mol. The topological polar surface area (TPSA) is 101 Å². The van der Waals surface area contributed by atoms with Crippen LogP contribution in [0.3, 0.4) is 0 Å². The molecule has 2 saturated heterocycles. The van der Waals surface area contributed by atoms with Gasteiger partial charge in [0.15, 0.2) is 0 Å². The Morgan fingerprint density at radius 1 is 0.893 bits per heavy atom. The molecule has 3 heterocycles. The molecule has 3 aliphatic heterocycles. The molecule has 0 unspecified atom stereocenters. The summed E-state index contributed by atoms with van der Waals surface area (Å²) in [5, 5.41) is 12.2. The highest BCUT2D eigenvalue weighted by molar-refractivity contribution is 6.27. The highest BCUT2D eigenvalue weighted by Gasteiger charge is 2.61. The van der Waals surface area contributed by atoms with Crippen molar-refractivity contribution >= 4 is 39.9 Å². The predicted molar refractivity (Wildman–Crippen MR) is 99.3 cm³/mol. The molecule has 8 nitrogen and oxygen atoms in total. The molecule has 2 aromatic carbocycles. The van der Waals surface area contributed by atoms with Crippen LogP contribution in [0.25, 0.3) is 10.8 Å². The number of anilines is 1. The van der Waals surface area contributed by atoms with Gasteiger partial charge in [-0.1, -0.05) is 30.4 Å². The minimum Gasteiger partial charge on any atom is -0.338 e. The number of nitro groups is 1. The summed E-state index contributed by atoms with van der Waals surface area (Å²) in [6.45, 7) is 0. The Bertz CT molecular complexity index is 1120. The van der Waals surface area contributed by atoms with Gasteiger partial charge in [0.2, 0.25) is 17.7 Å². The number of piperidine rings is 1. The molecule has 0 spiro atoms. The van der Waals surface area contributed by atoms with E-state index in [0.717, 1.165) is 4.90 Å². The van der Waals surface area contributed by atoms with Crippen LogP contribution in [0.4, 0.5) is 11.4 Å². The minimum absolute atomic E-state index is 0.0903. The maximum absolute atomic E-state index is 13.3. The zero-order valence-corrected chi connectivity index (χ0v) is 14.8. The van der Waals surface area contributed by atoms with Crippen molar-refractivity contribution in [3.63, 3.8) is 0 Å². The second-order valence-electron chi connectivity index (χ2n) is 7.32. The van der Waals surface area contributed by atoms with E-state index in [0.29, 0.717) is 16.5 Å². The summed E-state index contributed by atoms with van der Waals surface area (Å²) in [5.74, 6) is -2.95. The van der Waals surface area contributed by atoms with Crippen LogP contribution < -0.4 is 4.90 Å². The van der Waals surface area contributed by atoms with E-state index in [-0.39, 0.29) is 17.5 Å². The number of likely N-dealkylation sites (N-methyl/N-ethyl adjacent to an activating group) is 1. The average molecular weight is 377 g/mol. The molecular formula is C20H15N3O5. The van der Waals surface area contributed by atoms with Crippen LogP contribution in [-0.4, -0.2) is 40.6 Å². The summed E-state index contributed by atoms with van der Waals surface area (Å²) in [5.41, 5.74) is 0.229. The van der Waals surface area contributed by atoms with Crippen molar-refractivity contribution < 1.29 is 19.3 Å². The molecule has 8 heteroatoms. The molecule has 0 radical (unpaired) electrons. The predicted octanol–water partition coefficient (Wildman–Crippen LogP) is 1.88. The zero-order valence-electron chi connectivity index (χ0n) is 14.8. The van der Waals surface area contributed by atoms with E-state index in [1.54, 1.807) is 37.4 Å². The first-order chi connectivity index (χ1) is 13.4. The fraction of sp³-hybridized carbons (Fsp3) is 0.250. The number of rotatable bonds is 2. The molecule has 2 fully saturated rings. The molecule has 140 valence electrons. The van der Waals surface area contributed by atoms with Crippen molar-refractivity contribution in [2.24, 2.45) is 17.8 Å². The van der Waals surface area contributed by atoms with E-state index >= 15 is 0 Å². The molecule has 3 amide bonds. The van der Waals surface area contributed by atoms with Crippen LogP contribution in [-0.2, 0) is 14.4 Å². The lowest BCUT2D eigenvalue weighted by molar-refractivity contribution is -0.383. The van der Waals surface area contributed by atoms with Crippen molar-refractivity contribution in [3.05, 3.63) is 58.7 Å². The maximum atomic E-state index is 13.3. The highest BCUT2D eigenvalue weighted by Crippen LogP contribution is 2.47. The molecule has 4 aliphatic rings. The lowest BCUT2D eigenvalue weighted by atomic mass is 9.70. The van der Waals surface area contributed by atoms with Gasteiger partial charge >= 0.3 is 0 Å². The first kappa shape index (κ1) is 16.6. The number of benzene rings is 2. The summed E-state index contributed by atoms with van der Waals surface area (Å²) < 4.78 is 0. The number of amides is 3. The van der Waals surface area contributed by atoms with Crippen LogP contribution in [0.15, 0.2) is 48.6 Å². The number of carbonyl (C=O) groups excluding carboxylic acids is 3. The van der Waals surface area contributed by atoms with Gasteiger partial charge in [-0.2, -0.15) is 0 Å². The molecule has 2 bridgehead atoms. The first-order valence-electron chi connectivity index (χ1n) is 8.91. The number of non-ortho nitro benzene ring substituents is 1. The van der Waals surface area contributed by atoms with Gasteiger partial charge in [-0.3, -0.25) is 24.5 Å². The highest BCUT2D eigenvalue weighted by atomic mass is 16.6. The van der Waals surface area contributed by atoms with Crippen molar-refractivity contribution in [3.8, 4) is 0 Å². The molecule has 0 aromatic heterocycles. The van der Waals surface area contributed by atoms with Gasteiger partial charge in [0.05, 0.1) is 39.8 Å². The second-order valence-corrected chi connectivity index (χ2v) is 7.32. The Hall–Kier alpha value is -3.55. The molecule has 2 aromatic rings. The molecular weight excluding hydrogens is 362 g/mol. The lowest BCUT2D eigenvalue weighted by Gasteiger charge is -2.44. The molecule has 4 atom stereocenters. The number of hydrogen-bond acceptors (Lipinski definition) is 5. The van der Waals surface area contributed by atoms with Crippen LogP contribution in [0.5, 0.6) is 0 Å². The van der Waals surface area contributed by atoms with E-state index in [4.69, 9.17) is 0 Å². The average Bonchev–Trinajstić information content (AvgIpc) is 2.96. The van der Waals surface area contributed by atoms with E-state index in [1.807, 2.05) is 6.08 Å². The van der Waals surface area contributed by atoms with E-state index in [9.17, 15) is 24.5 Å². The van der Waals surface area contributed by atoms with Gasteiger partial charge < -0.3 is 4.90 Å². The van der Waals surface area contributed by atoms with Crippen LogP contribution in [0.1, 0.15) is 0 Å². The molecule has 28 heavy (non-hydrogen) atoms. The van der Waals surface area contributed by atoms with Crippen molar-refractivity contribution in [1.82, 2.24) is 4.90 Å². The summed E-state index contributed by atoms with van der Waals surface area (Å²) in [6, 6.07) is 8.93. The first-order valence-corrected chi connectivity index (χ1v) is 8.91. The SMILES string of the molecule is CN1C(=O)[C@H]2C=C[C@@H]1[C@H]1C(=O)N(c3ccc([N+](=O)[O-])c4ccccc34)C(=O)[C@H]12. The largest absolute Gasteiger partial charge is 0.338 e. The van der Waals surface area contributed by atoms with Crippen LogP contribution >= 0.6 is 0 Å². The maximum Gasteiger partial charge on any atom is 0.277 e. The van der Waals surface area contributed by atoms with Gasteiger partial charge in [-0.25, -0.2) is 4.90 Å². The number of imide groups is 1. The van der Waals surface area contributed by atoms with Gasteiger partial charge in [0.25, 0.3) is 5.69 Å². The number of hydrogen-bond donors (Lipinski definition) is 0. The minimum atomic E-state index is -0.722. The Morgan fingerprint density at radius 2 is 1.57 bits per heavy atom. The number of fused-ring (bicyclic) bond motifs is 2. The third-order valence-corrected chi connectivity index (χ3v) is 6.06. The number of nitro benzene ring substituents is 1. The normalized spacial score (nSPS) is 28.4.